The van der Waals surface area contributed by atoms with E-state index >= 15 is 0 Å². The Balaban J connectivity index is 1.10. The largest absolute Gasteiger partial charge is 0.314 e. The van der Waals surface area contributed by atoms with Crippen LogP contribution in [-0.2, 0) is 5.41 Å². The quantitative estimate of drug-likeness (QED) is 0.193. The number of fused-ring (bicyclic) bond motifs is 9. The maximum absolute atomic E-state index is 2.56. The number of nitrogens with zero attached hydrogens (tertiary/aromatic N) is 1. The van der Waals surface area contributed by atoms with E-state index in [9.17, 15) is 0 Å². The molecule has 6 unspecified atom stereocenters. The lowest BCUT2D eigenvalue weighted by atomic mass is 9.61. The van der Waals surface area contributed by atoms with E-state index in [0.29, 0.717) is 29.6 Å². The molecule has 0 aliphatic heterocycles. The van der Waals surface area contributed by atoms with Gasteiger partial charge in [-0.25, -0.2) is 0 Å². The number of hydrogen-bond donors (Lipinski definition) is 0. The van der Waals surface area contributed by atoms with Gasteiger partial charge >= 0.3 is 0 Å². The molecule has 0 amide bonds. The van der Waals surface area contributed by atoms with Crippen molar-refractivity contribution >= 4 is 16.9 Å². The third-order valence-electron chi connectivity index (χ3n) is 13.0. The standard InChI is InChI=1S/C50H45N/c1-34-13-5-6-16-41(34)37-25-29-39(30-26-37)51(38-27-23-36(24-28-38)35-14-3-2-4-15-35)40-31-32-45-44-19-9-12-22-48(44)50(49(45)33-40)46-20-10-7-17-42(46)43-18-8-11-21-47(43)50/h2-7,9-12,14-15,17,19-32,34,41,44,48-49H,8,13,16,18,33H2,1H3. The second-order valence-corrected chi connectivity index (χ2v) is 15.5. The fourth-order valence-electron chi connectivity index (χ4n) is 10.7. The molecule has 0 heterocycles. The summed E-state index contributed by atoms with van der Waals surface area (Å²) >= 11 is 0. The van der Waals surface area contributed by atoms with Crippen molar-refractivity contribution in [1.29, 1.82) is 0 Å². The smallest absolute Gasteiger partial charge is 0.0458 e. The number of anilines is 2. The van der Waals surface area contributed by atoms with Gasteiger partial charge in [0.25, 0.3) is 0 Å². The van der Waals surface area contributed by atoms with Gasteiger partial charge in [-0.2, -0.15) is 0 Å². The van der Waals surface area contributed by atoms with Crippen LogP contribution in [-0.4, -0.2) is 0 Å². The zero-order valence-electron chi connectivity index (χ0n) is 29.5. The Hall–Kier alpha value is -5.14. The molecule has 250 valence electrons. The van der Waals surface area contributed by atoms with Crippen LogP contribution >= 0.6 is 0 Å². The van der Waals surface area contributed by atoms with Gasteiger partial charge in [0.05, 0.1) is 0 Å². The van der Waals surface area contributed by atoms with Crippen molar-refractivity contribution in [2.24, 2.45) is 23.7 Å². The van der Waals surface area contributed by atoms with Gasteiger partial charge in [0.15, 0.2) is 0 Å². The van der Waals surface area contributed by atoms with Crippen LogP contribution in [0.25, 0.3) is 16.7 Å². The topological polar surface area (TPSA) is 3.24 Å². The van der Waals surface area contributed by atoms with Crippen LogP contribution in [0.1, 0.15) is 61.6 Å². The fourth-order valence-corrected chi connectivity index (χ4v) is 10.7. The summed E-state index contributed by atoms with van der Waals surface area (Å²) in [5, 5.41) is 0. The lowest BCUT2D eigenvalue weighted by Crippen LogP contribution is -2.39. The van der Waals surface area contributed by atoms with Gasteiger partial charge in [0, 0.05) is 40.2 Å². The minimum atomic E-state index is -0.0720. The van der Waals surface area contributed by atoms with E-state index in [1.165, 1.54) is 45.7 Å². The van der Waals surface area contributed by atoms with E-state index in [1.807, 2.05) is 0 Å². The van der Waals surface area contributed by atoms with Crippen LogP contribution in [0, 0.1) is 23.7 Å². The Labute approximate surface area is 303 Å². The average molecular weight is 660 g/mol. The molecule has 1 saturated carbocycles. The third kappa shape index (κ3) is 4.74. The number of rotatable bonds is 5. The summed E-state index contributed by atoms with van der Waals surface area (Å²) < 4.78 is 0. The number of hydrogen-bond acceptors (Lipinski definition) is 1. The fraction of sp³-hybridized carbons (Fsp3) is 0.240. The molecule has 1 fully saturated rings. The predicted molar refractivity (Wildman–Crippen MR) is 214 cm³/mol. The van der Waals surface area contributed by atoms with Crippen molar-refractivity contribution in [1.82, 2.24) is 0 Å². The van der Waals surface area contributed by atoms with Crippen molar-refractivity contribution in [2.45, 2.75) is 50.4 Å². The van der Waals surface area contributed by atoms with Crippen LogP contribution in [0.15, 0.2) is 181 Å². The molecule has 1 nitrogen and oxygen atoms in total. The van der Waals surface area contributed by atoms with Crippen molar-refractivity contribution in [3.63, 3.8) is 0 Å². The molecule has 6 aliphatic rings. The van der Waals surface area contributed by atoms with Crippen LogP contribution < -0.4 is 4.90 Å². The molecule has 0 saturated heterocycles. The van der Waals surface area contributed by atoms with Crippen molar-refractivity contribution in [2.75, 3.05) is 4.90 Å². The van der Waals surface area contributed by atoms with Gasteiger partial charge in [-0.15, -0.1) is 0 Å². The minimum absolute atomic E-state index is 0.0720. The first-order chi connectivity index (χ1) is 25.2. The molecular formula is C50H45N. The Bertz CT molecular complexity index is 2200. The maximum atomic E-state index is 2.56. The van der Waals surface area contributed by atoms with Crippen molar-refractivity contribution < 1.29 is 0 Å². The molecule has 4 aromatic rings. The average Bonchev–Trinajstić information content (AvgIpc) is 3.66. The van der Waals surface area contributed by atoms with Crippen molar-refractivity contribution in [3.05, 3.63) is 197 Å². The minimum Gasteiger partial charge on any atom is -0.314 e. The molecular weight excluding hydrogens is 615 g/mol. The Kier molecular flexibility index (Phi) is 7.38. The molecule has 6 atom stereocenters. The zero-order chi connectivity index (χ0) is 33.9. The molecule has 0 aromatic heterocycles. The van der Waals surface area contributed by atoms with Gasteiger partial charge in [-0.05, 0) is 113 Å². The van der Waals surface area contributed by atoms with E-state index < -0.39 is 0 Å². The lowest BCUT2D eigenvalue weighted by molar-refractivity contribution is 0.335. The van der Waals surface area contributed by atoms with Crippen LogP contribution in [0.4, 0.5) is 11.4 Å². The normalized spacial score (nSPS) is 28.2. The highest BCUT2D eigenvalue weighted by Crippen LogP contribution is 2.68. The molecule has 51 heavy (non-hydrogen) atoms. The summed E-state index contributed by atoms with van der Waals surface area (Å²) in [7, 11) is 0. The SMILES string of the molecule is CC1CC=CCC1c1ccc(N(C2=CC=C3C4C=CC=CC4C4(C5=C(CCC=C5)c5ccccc54)C3C2)c2ccc(-c3ccccc3)cc2)cc1. The highest BCUT2D eigenvalue weighted by atomic mass is 15.1. The van der Waals surface area contributed by atoms with E-state index in [0.717, 1.165) is 25.7 Å². The van der Waals surface area contributed by atoms with Crippen LogP contribution in [0.2, 0.25) is 0 Å². The second-order valence-electron chi connectivity index (χ2n) is 15.5. The van der Waals surface area contributed by atoms with E-state index in [-0.39, 0.29) is 5.41 Å². The second kappa shape index (κ2) is 12.3. The summed E-state index contributed by atoms with van der Waals surface area (Å²) in [4.78, 5) is 2.56. The summed E-state index contributed by atoms with van der Waals surface area (Å²) in [6, 6.07) is 39.0. The molecule has 4 aromatic carbocycles. The third-order valence-corrected chi connectivity index (χ3v) is 13.0. The van der Waals surface area contributed by atoms with E-state index in [1.54, 1.807) is 22.3 Å². The van der Waals surface area contributed by atoms with E-state index in [4.69, 9.17) is 0 Å². The lowest BCUT2D eigenvalue weighted by Gasteiger charge is -2.42. The first-order valence-electron chi connectivity index (χ1n) is 19.2. The summed E-state index contributed by atoms with van der Waals surface area (Å²) in [6.07, 6.45) is 29.8. The molecule has 6 aliphatic carbocycles. The number of benzene rings is 4. The Morgan fingerprint density at radius 2 is 1.41 bits per heavy atom. The van der Waals surface area contributed by atoms with Crippen LogP contribution in [0.3, 0.4) is 0 Å². The zero-order valence-corrected chi connectivity index (χ0v) is 29.5. The van der Waals surface area contributed by atoms with Gasteiger partial charge in [0.2, 0.25) is 0 Å². The molecule has 0 radical (unpaired) electrons. The molecule has 1 heteroatoms. The van der Waals surface area contributed by atoms with Crippen molar-refractivity contribution in [3.8, 4) is 11.1 Å². The van der Waals surface area contributed by atoms with Gasteiger partial charge in [0.1, 0.15) is 0 Å². The summed E-state index contributed by atoms with van der Waals surface area (Å²) in [6.45, 7) is 2.41. The monoisotopic (exact) mass is 659 g/mol. The number of allylic oxidation sites excluding steroid dienone is 14. The highest BCUT2D eigenvalue weighted by molar-refractivity contribution is 5.86. The Morgan fingerprint density at radius 3 is 2.24 bits per heavy atom. The van der Waals surface area contributed by atoms with Crippen LogP contribution in [0.5, 0.6) is 0 Å². The van der Waals surface area contributed by atoms with Gasteiger partial charge in [-0.1, -0.05) is 146 Å². The first-order valence-corrected chi connectivity index (χ1v) is 19.2. The predicted octanol–water partition coefficient (Wildman–Crippen LogP) is 12.8. The Morgan fingerprint density at radius 1 is 0.686 bits per heavy atom. The molecule has 1 spiro atoms. The van der Waals surface area contributed by atoms with E-state index in [2.05, 4.69) is 176 Å². The summed E-state index contributed by atoms with van der Waals surface area (Å²) in [5.41, 5.74) is 15.5. The molecule has 0 N–H and O–H groups in total. The van der Waals surface area contributed by atoms with Gasteiger partial charge < -0.3 is 4.90 Å². The first kappa shape index (κ1) is 30.7. The summed E-state index contributed by atoms with van der Waals surface area (Å²) in [5.74, 6) is 2.44. The van der Waals surface area contributed by atoms with Gasteiger partial charge in [-0.3, -0.25) is 0 Å². The maximum Gasteiger partial charge on any atom is 0.0458 e. The molecule has 0 bridgehead atoms. The molecule has 10 rings (SSSR count). The highest BCUT2D eigenvalue weighted by Gasteiger charge is 2.62.